The molecule has 5 nitrogen and oxygen atoms in total. The maximum atomic E-state index is 6.17. The minimum absolute atomic E-state index is 0.307. The van der Waals surface area contributed by atoms with Crippen molar-refractivity contribution in [2.45, 2.75) is 6.54 Å². The van der Waals surface area contributed by atoms with Crippen molar-refractivity contribution in [3.8, 4) is 17.1 Å². The summed E-state index contributed by atoms with van der Waals surface area (Å²) in [6, 6.07) is 5.43. The Morgan fingerprint density at radius 2 is 2.24 bits per heavy atom. The average molecular weight is 253 g/mol. The number of benzene rings is 1. The SMILES string of the molecule is COc1ccc(-c2nc(CN)nn2C)c(Cl)c1. The average Bonchev–Trinajstić information content (AvgIpc) is 2.70. The summed E-state index contributed by atoms with van der Waals surface area (Å²) < 4.78 is 6.76. The minimum atomic E-state index is 0.307. The molecule has 0 radical (unpaired) electrons. The van der Waals surface area contributed by atoms with Crippen LogP contribution in [0.4, 0.5) is 0 Å². The molecule has 2 aromatic rings. The molecule has 90 valence electrons. The Balaban J connectivity index is 2.48. The Kier molecular flexibility index (Phi) is 3.31. The van der Waals surface area contributed by atoms with Crippen molar-refractivity contribution in [2.24, 2.45) is 12.8 Å². The number of nitrogens with two attached hydrogens (primary N) is 1. The maximum Gasteiger partial charge on any atom is 0.164 e. The van der Waals surface area contributed by atoms with Crippen LogP contribution in [-0.4, -0.2) is 21.9 Å². The van der Waals surface area contributed by atoms with Crippen LogP contribution in [0, 0.1) is 0 Å². The van der Waals surface area contributed by atoms with Crippen molar-refractivity contribution >= 4 is 11.6 Å². The van der Waals surface area contributed by atoms with Crippen molar-refractivity contribution in [3.63, 3.8) is 0 Å². The fraction of sp³-hybridized carbons (Fsp3) is 0.273. The zero-order chi connectivity index (χ0) is 12.4. The van der Waals surface area contributed by atoms with E-state index in [1.807, 2.05) is 19.2 Å². The Morgan fingerprint density at radius 1 is 1.47 bits per heavy atom. The largest absolute Gasteiger partial charge is 0.497 e. The molecule has 0 fully saturated rings. The Morgan fingerprint density at radius 3 is 2.76 bits per heavy atom. The molecule has 6 heteroatoms. The number of methoxy groups -OCH3 is 1. The van der Waals surface area contributed by atoms with Crippen LogP contribution in [0.2, 0.25) is 5.02 Å². The highest BCUT2D eigenvalue weighted by molar-refractivity contribution is 6.33. The number of aryl methyl sites for hydroxylation is 1. The summed E-state index contributed by atoms with van der Waals surface area (Å²) in [4.78, 5) is 4.32. The smallest absolute Gasteiger partial charge is 0.164 e. The highest BCUT2D eigenvalue weighted by Gasteiger charge is 2.12. The van der Waals surface area contributed by atoms with Crippen molar-refractivity contribution in [1.82, 2.24) is 14.8 Å². The monoisotopic (exact) mass is 252 g/mol. The lowest BCUT2D eigenvalue weighted by atomic mass is 10.2. The molecule has 0 saturated heterocycles. The van der Waals surface area contributed by atoms with E-state index in [1.165, 1.54) is 0 Å². The molecule has 0 aliphatic heterocycles. The highest BCUT2D eigenvalue weighted by Crippen LogP contribution is 2.29. The summed E-state index contributed by atoms with van der Waals surface area (Å²) in [5.41, 5.74) is 6.31. The molecule has 2 rings (SSSR count). The lowest BCUT2D eigenvalue weighted by Gasteiger charge is -2.05. The van der Waals surface area contributed by atoms with Crippen molar-refractivity contribution in [2.75, 3.05) is 7.11 Å². The number of hydrogen-bond acceptors (Lipinski definition) is 4. The van der Waals surface area contributed by atoms with E-state index in [0.717, 1.165) is 5.56 Å². The fourth-order valence-corrected chi connectivity index (χ4v) is 1.82. The minimum Gasteiger partial charge on any atom is -0.497 e. The van der Waals surface area contributed by atoms with Gasteiger partial charge in [-0.2, -0.15) is 5.10 Å². The number of rotatable bonds is 3. The summed E-state index contributed by atoms with van der Waals surface area (Å²) in [5.74, 6) is 1.99. The third-order valence-corrected chi connectivity index (χ3v) is 2.72. The molecular formula is C11H13ClN4O. The summed E-state index contributed by atoms with van der Waals surface area (Å²) in [5, 5.41) is 4.75. The van der Waals surface area contributed by atoms with Crippen LogP contribution in [0.3, 0.4) is 0 Å². The number of hydrogen-bond donors (Lipinski definition) is 1. The number of halogens is 1. The Hall–Kier alpha value is -1.59. The molecule has 1 aromatic heterocycles. The van der Waals surface area contributed by atoms with Crippen LogP contribution in [0.1, 0.15) is 5.82 Å². The van der Waals surface area contributed by atoms with E-state index >= 15 is 0 Å². The van der Waals surface area contributed by atoms with E-state index in [0.29, 0.717) is 29.0 Å². The first-order valence-electron chi connectivity index (χ1n) is 5.09. The van der Waals surface area contributed by atoms with E-state index in [9.17, 15) is 0 Å². The molecule has 0 aliphatic carbocycles. The van der Waals surface area contributed by atoms with Gasteiger partial charge in [0.2, 0.25) is 0 Å². The first kappa shape index (κ1) is 11.9. The van der Waals surface area contributed by atoms with Gasteiger partial charge in [0.15, 0.2) is 11.6 Å². The molecule has 1 heterocycles. The molecule has 0 atom stereocenters. The summed E-state index contributed by atoms with van der Waals surface area (Å²) in [6.45, 7) is 0.307. The molecule has 0 saturated carbocycles. The second kappa shape index (κ2) is 4.73. The molecule has 0 spiro atoms. The number of ether oxygens (including phenoxy) is 1. The van der Waals surface area contributed by atoms with E-state index < -0.39 is 0 Å². The first-order valence-corrected chi connectivity index (χ1v) is 5.47. The van der Waals surface area contributed by atoms with Gasteiger partial charge in [-0.15, -0.1) is 0 Å². The van der Waals surface area contributed by atoms with E-state index in [2.05, 4.69) is 10.1 Å². The van der Waals surface area contributed by atoms with Gasteiger partial charge in [-0.1, -0.05) is 11.6 Å². The van der Waals surface area contributed by atoms with Crippen molar-refractivity contribution < 1.29 is 4.74 Å². The molecule has 0 amide bonds. The fourth-order valence-electron chi connectivity index (χ4n) is 1.56. The predicted molar refractivity (Wildman–Crippen MR) is 65.9 cm³/mol. The lowest BCUT2D eigenvalue weighted by Crippen LogP contribution is -1.99. The van der Waals surface area contributed by atoms with E-state index in [4.69, 9.17) is 22.1 Å². The van der Waals surface area contributed by atoms with Gasteiger partial charge in [0.1, 0.15) is 5.75 Å². The summed E-state index contributed by atoms with van der Waals surface area (Å²) in [6.07, 6.45) is 0. The predicted octanol–water partition coefficient (Wildman–Crippen LogP) is 1.60. The van der Waals surface area contributed by atoms with Crippen LogP contribution >= 0.6 is 11.6 Å². The number of nitrogens with zero attached hydrogens (tertiary/aromatic N) is 3. The molecule has 0 bridgehead atoms. The van der Waals surface area contributed by atoms with Gasteiger partial charge in [0, 0.05) is 12.6 Å². The third kappa shape index (κ3) is 2.25. The van der Waals surface area contributed by atoms with Crippen LogP contribution < -0.4 is 10.5 Å². The van der Waals surface area contributed by atoms with Gasteiger partial charge in [0.05, 0.1) is 18.7 Å². The molecule has 0 aliphatic rings. The van der Waals surface area contributed by atoms with Crippen molar-refractivity contribution in [3.05, 3.63) is 29.0 Å². The maximum absolute atomic E-state index is 6.17. The standard InChI is InChI=1S/C11H13ClN4O/c1-16-11(14-10(6-13)15-16)8-4-3-7(17-2)5-9(8)12/h3-5H,6,13H2,1-2H3. The van der Waals surface area contributed by atoms with Gasteiger partial charge in [-0.05, 0) is 18.2 Å². The lowest BCUT2D eigenvalue weighted by molar-refractivity contribution is 0.415. The first-order chi connectivity index (χ1) is 8.15. The zero-order valence-electron chi connectivity index (χ0n) is 9.64. The second-order valence-corrected chi connectivity index (χ2v) is 3.93. The normalized spacial score (nSPS) is 10.6. The van der Waals surface area contributed by atoms with Crippen molar-refractivity contribution in [1.29, 1.82) is 0 Å². The third-order valence-electron chi connectivity index (χ3n) is 2.41. The van der Waals surface area contributed by atoms with Crippen LogP contribution in [0.25, 0.3) is 11.4 Å². The second-order valence-electron chi connectivity index (χ2n) is 3.53. The molecule has 17 heavy (non-hydrogen) atoms. The molecule has 2 N–H and O–H groups in total. The Bertz CT molecular complexity index is 538. The molecule has 1 aromatic carbocycles. The van der Waals surface area contributed by atoms with Crippen LogP contribution in [-0.2, 0) is 13.6 Å². The summed E-state index contributed by atoms with van der Waals surface area (Å²) >= 11 is 6.17. The van der Waals surface area contributed by atoms with Crippen LogP contribution in [0.5, 0.6) is 5.75 Å². The molecule has 0 unspecified atom stereocenters. The molecular weight excluding hydrogens is 240 g/mol. The quantitative estimate of drug-likeness (QED) is 0.901. The Labute approximate surface area is 104 Å². The van der Waals surface area contributed by atoms with Gasteiger partial charge in [0.25, 0.3) is 0 Å². The van der Waals surface area contributed by atoms with E-state index in [-0.39, 0.29) is 0 Å². The van der Waals surface area contributed by atoms with Gasteiger partial charge in [-0.25, -0.2) is 9.67 Å². The van der Waals surface area contributed by atoms with Gasteiger partial charge in [-0.3, -0.25) is 0 Å². The zero-order valence-corrected chi connectivity index (χ0v) is 10.4. The van der Waals surface area contributed by atoms with Crippen LogP contribution in [0.15, 0.2) is 18.2 Å². The highest BCUT2D eigenvalue weighted by atomic mass is 35.5. The summed E-state index contributed by atoms with van der Waals surface area (Å²) in [7, 11) is 3.40. The topological polar surface area (TPSA) is 66.0 Å². The van der Waals surface area contributed by atoms with E-state index in [1.54, 1.807) is 17.9 Å². The van der Waals surface area contributed by atoms with Gasteiger partial charge >= 0.3 is 0 Å². The number of aromatic nitrogens is 3. The van der Waals surface area contributed by atoms with Gasteiger partial charge < -0.3 is 10.5 Å².